The van der Waals surface area contributed by atoms with Crippen LogP contribution in [-0.2, 0) is 17.9 Å². The molecule has 0 fully saturated rings. The number of benzene rings is 2. The molecule has 10 nitrogen and oxygen atoms in total. The minimum atomic E-state index is -1.10. The van der Waals surface area contributed by atoms with E-state index in [0.29, 0.717) is 22.3 Å². The van der Waals surface area contributed by atoms with Crippen LogP contribution in [0.15, 0.2) is 81.0 Å². The lowest BCUT2D eigenvalue weighted by Crippen LogP contribution is -2.42. The molecule has 0 saturated carbocycles. The fourth-order valence-corrected chi connectivity index (χ4v) is 3.42. The van der Waals surface area contributed by atoms with Gasteiger partial charge in [-0.2, -0.15) is 0 Å². The summed E-state index contributed by atoms with van der Waals surface area (Å²) in [6.07, 6.45) is 1.39. The molecule has 0 saturated heterocycles. The standard InChI is InChI=1S/C24H21ClN4O6/c1-15(23(31)32)13-29-22(30)12-20(28(24(29)33)14-16-2-4-17(25)5-3-16)26-18-6-8-19(9-7-18)35-21-10-11-34-27-21/h2-12,15,26H,13-14H2,1H3,(H,31,32)/t15-/m0/s1. The number of carboxylic acids is 1. The molecule has 0 aliphatic heterocycles. The zero-order valence-electron chi connectivity index (χ0n) is 18.6. The Morgan fingerprint density at radius 1 is 1.11 bits per heavy atom. The van der Waals surface area contributed by atoms with Gasteiger partial charge in [0, 0.05) is 29.4 Å². The molecular weight excluding hydrogens is 476 g/mol. The Balaban J connectivity index is 1.67. The van der Waals surface area contributed by atoms with E-state index >= 15 is 0 Å². The number of halogens is 1. The SMILES string of the molecule is C[C@@H](Cn1c(=O)cc(Nc2ccc(Oc3ccon3)cc2)n(Cc2ccc(Cl)cc2)c1=O)C(=O)O. The Hall–Kier alpha value is -4.31. The van der Waals surface area contributed by atoms with Crippen molar-refractivity contribution in [1.29, 1.82) is 0 Å². The molecule has 0 aliphatic rings. The monoisotopic (exact) mass is 496 g/mol. The largest absolute Gasteiger partial charge is 0.481 e. The number of carboxylic acid groups (broad SMARTS) is 1. The highest BCUT2D eigenvalue weighted by Gasteiger charge is 2.18. The topological polar surface area (TPSA) is 129 Å². The number of hydrogen-bond acceptors (Lipinski definition) is 7. The Morgan fingerprint density at radius 3 is 2.46 bits per heavy atom. The molecule has 0 bridgehead atoms. The van der Waals surface area contributed by atoms with Gasteiger partial charge in [0.2, 0.25) is 0 Å². The van der Waals surface area contributed by atoms with Crippen molar-refractivity contribution in [2.75, 3.05) is 5.32 Å². The lowest BCUT2D eigenvalue weighted by molar-refractivity contribution is -0.141. The van der Waals surface area contributed by atoms with Crippen molar-refractivity contribution < 1.29 is 19.2 Å². The summed E-state index contributed by atoms with van der Waals surface area (Å²) in [7, 11) is 0. The van der Waals surface area contributed by atoms with Gasteiger partial charge in [0.15, 0.2) is 0 Å². The number of hydrogen-bond donors (Lipinski definition) is 2. The van der Waals surface area contributed by atoms with E-state index in [0.717, 1.165) is 10.1 Å². The third-order valence-electron chi connectivity index (χ3n) is 5.17. The molecule has 4 rings (SSSR count). The second-order valence-corrected chi connectivity index (χ2v) is 8.24. The zero-order valence-corrected chi connectivity index (χ0v) is 19.3. The van der Waals surface area contributed by atoms with Gasteiger partial charge in [-0.25, -0.2) is 4.79 Å². The number of carbonyl (C=O) groups is 1. The van der Waals surface area contributed by atoms with E-state index in [1.807, 2.05) is 0 Å². The summed E-state index contributed by atoms with van der Waals surface area (Å²) < 4.78 is 12.6. The first-order chi connectivity index (χ1) is 16.8. The second-order valence-electron chi connectivity index (χ2n) is 7.80. The molecule has 0 spiro atoms. The van der Waals surface area contributed by atoms with Gasteiger partial charge in [0.05, 0.1) is 12.5 Å². The summed E-state index contributed by atoms with van der Waals surface area (Å²) >= 11 is 5.97. The highest BCUT2D eigenvalue weighted by atomic mass is 35.5. The number of nitrogens with zero attached hydrogens (tertiary/aromatic N) is 3. The number of aromatic nitrogens is 3. The fourth-order valence-electron chi connectivity index (χ4n) is 3.29. The van der Waals surface area contributed by atoms with Gasteiger partial charge in [0.1, 0.15) is 17.8 Å². The Morgan fingerprint density at radius 2 is 1.83 bits per heavy atom. The highest BCUT2D eigenvalue weighted by molar-refractivity contribution is 6.30. The lowest BCUT2D eigenvalue weighted by Gasteiger charge is -2.18. The van der Waals surface area contributed by atoms with Gasteiger partial charge in [-0.3, -0.25) is 18.7 Å². The van der Waals surface area contributed by atoms with Crippen LogP contribution in [0.2, 0.25) is 5.02 Å². The minimum absolute atomic E-state index is 0.132. The van der Waals surface area contributed by atoms with Crippen molar-refractivity contribution in [1.82, 2.24) is 14.3 Å². The fraction of sp³-hybridized carbons (Fsp3) is 0.167. The predicted octanol–water partition coefficient (Wildman–Crippen LogP) is 3.96. The summed E-state index contributed by atoms with van der Waals surface area (Å²) in [5.41, 5.74) is 0.128. The van der Waals surface area contributed by atoms with Crippen LogP contribution in [-0.4, -0.2) is 25.4 Å². The first-order valence-corrected chi connectivity index (χ1v) is 10.9. The molecular formula is C24H21ClN4O6. The molecule has 2 aromatic heterocycles. The van der Waals surface area contributed by atoms with Crippen LogP contribution in [0.25, 0.3) is 0 Å². The summed E-state index contributed by atoms with van der Waals surface area (Å²) in [5.74, 6) is -0.946. The van der Waals surface area contributed by atoms with Crippen LogP contribution in [0.4, 0.5) is 11.5 Å². The Bertz CT molecular complexity index is 1430. The van der Waals surface area contributed by atoms with Crippen molar-refractivity contribution in [3.63, 3.8) is 0 Å². The number of aliphatic carboxylic acids is 1. The maximum atomic E-state index is 13.3. The van der Waals surface area contributed by atoms with Gasteiger partial charge in [-0.1, -0.05) is 30.7 Å². The maximum Gasteiger partial charge on any atom is 0.332 e. The average Bonchev–Trinajstić information content (AvgIpc) is 3.34. The van der Waals surface area contributed by atoms with Crippen LogP contribution >= 0.6 is 11.6 Å². The molecule has 0 radical (unpaired) electrons. The molecule has 0 aliphatic carbocycles. The first kappa shape index (κ1) is 23.8. The molecule has 11 heteroatoms. The third-order valence-corrected chi connectivity index (χ3v) is 5.43. The van der Waals surface area contributed by atoms with Gasteiger partial charge < -0.3 is 19.7 Å². The van der Waals surface area contributed by atoms with E-state index < -0.39 is 23.1 Å². The summed E-state index contributed by atoms with van der Waals surface area (Å²) in [5, 5.41) is 16.6. The van der Waals surface area contributed by atoms with E-state index in [1.54, 1.807) is 54.6 Å². The van der Waals surface area contributed by atoms with Crippen molar-refractivity contribution in [2.45, 2.75) is 20.0 Å². The number of ether oxygens (including phenoxy) is 1. The molecule has 4 aromatic rings. The number of anilines is 2. The molecule has 2 aromatic carbocycles. The van der Waals surface area contributed by atoms with E-state index in [2.05, 4.69) is 10.5 Å². The Kier molecular flexibility index (Phi) is 7.02. The van der Waals surface area contributed by atoms with Gasteiger partial charge in [0.25, 0.3) is 11.4 Å². The summed E-state index contributed by atoms with van der Waals surface area (Å²) in [6, 6.07) is 16.6. The van der Waals surface area contributed by atoms with Crippen molar-refractivity contribution >= 4 is 29.1 Å². The van der Waals surface area contributed by atoms with Crippen LogP contribution in [0.5, 0.6) is 11.6 Å². The average molecular weight is 497 g/mol. The lowest BCUT2D eigenvalue weighted by atomic mass is 10.2. The van der Waals surface area contributed by atoms with Gasteiger partial charge in [-0.15, -0.1) is 0 Å². The normalized spacial score (nSPS) is 11.7. The first-order valence-electron chi connectivity index (χ1n) is 10.6. The van der Waals surface area contributed by atoms with Crippen LogP contribution in [0, 0.1) is 5.92 Å². The third kappa shape index (κ3) is 5.79. The van der Waals surface area contributed by atoms with Crippen molar-refractivity contribution in [3.05, 3.63) is 98.4 Å². The van der Waals surface area contributed by atoms with E-state index in [-0.39, 0.29) is 18.9 Å². The van der Waals surface area contributed by atoms with E-state index in [1.165, 1.54) is 23.8 Å². The van der Waals surface area contributed by atoms with Crippen molar-refractivity contribution in [3.8, 4) is 11.6 Å². The van der Waals surface area contributed by atoms with E-state index in [4.69, 9.17) is 20.9 Å². The zero-order chi connectivity index (χ0) is 24.9. The minimum Gasteiger partial charge on any atom is -0.481 e. The van der Waals surface area contributed by atoms with Crippen LogP contribution < -0.4 is 21.3 Å². The Labute approximate surface area is 203 Å². The second kappa shape index (κ2) is 10.3. The number of rotatable bonds is 9. The summed E-state index contributed by atoms with van der Waals surface area (Å²) in [6.45, 7) is 1.32. The van der Waals surface area contributed by atoms with Crippen LogP contribution in [0.3, 0.4) is 0 Å². The quantitative estimate of drug-likeness (QED) is 0.356. The predicted molar refractivity (Wildman–Crippen MR) is 129 cm³/mol. The summed E-state index contributed by atoms with van der Waals surface area (Å²) in [4.78, 5) is 37.3. The molecule has 35 heavy (non-hydrogen) atoms. The highest BCUT2D eigenvalue weighted by Crippen LogP contribution is 2.23. The number of nitrogens with one attached hydrogen (secondary N) is 1. The van der Waals surface area contributed by atoms with Crippen LogP contribution in [0.1, 0.15) is 12.5 Å². The van der Waals surface area contributed by atoms with Crippen molar-refractivity contribution in [2.24, 2.45) is 5.92 Å². The smallest absolute Gasteiger partial charge is 0.332 e. The molecule has 180 valence electrons. The maximum absolute atomic E-state index is 13.3. The molecule has 0 amide bonds. The molecule has 1 atom stereocenters. The van der Waals surface area contributed by atoms with Gasteiger partial charge >= 0.3 is 11.7 Å². The molecule has 2 heterocycles. The molecule has 2 N–H and O–H groups in total. The van der Waals surface area contributed by atoms with Gasteiger partial charge in [-0.05, 0) is 47.1 Å². The van der Waals surface area contributed by atoms with E-state index in [9.17, 15) is 19.5 Å². The molecule has 0 unspecified atom stereocenters.